The van der Waals surface area contributed by atoms with Gasteiger partial charge in [0.1, 0.15) is 17.2 Å². The molecule has 7 heteroatoms. The SMILES string of the molecule is CC(C)(C)OC(=O)[C@@H]1C[C@@H](O[Si](C)(C)C(C)(C)C)CN1C(=O)OC(C)(C)C. The van der Waals surface area contributed by atoms with E-state index in [1.165, 1.54) is 4.90 Å². The normalized spacial score (nSPS) is 22.0. The first-order chi connectivity index (χ1) is 11.8. The molecule has 1 fully saturated rings. The van der Waals surface area contributed by atoms with E-state index in [9.17, 15) is 9.59 Å². The van der Waals surface area contributed by atoms with Crippen LogP contribution >= 0.6 is 0 Å². The average Bonchev–Trinajstić information content (AvgIpc) is 2.76. The molecule has 1 heterocycles. The van der Waals surface area contributed by atoms with Gasteiger partial charge in [0.25, 0.3) is 0 Å². The van der Waals surface area contributed by atoms with E-state index < -0.39 is 37.6 Å². The van der Waals surface area contributed by atoms with Gasteiger partial charge < -0.3 is 13.9 Å². The maximum atomic E-state index is 12.7. The minimum Gasteiger partial charge on any atom is -0.458 e. The molecule has 0 aromatic heterocycles. The Kier molecular flexibility index (Phi) is 6.87. The van der Waals surface area contributed by atoms with Crippen LogP contribution in [0.5, 0.6) is 0 Å². The molecule has 27 heavy (non-hydrogen) atoms. The molecule has 158 valence electrons. The molecule has 1 aliphatic heterocycles. The van der Waals surface area contributed by atoms with E-state index >= 15 is 0 Å². The van der Waals surface area contributed by atoms with Gasteiger partial charge in [0, 0.05) is 13.0 Å². The summed E-state index contributed by atoms with van der Waals surface area (Å²) in [5.74, 6) is -0.408. The van der Waals surface area contributed by atoms with Gasteiger partial charge in [0.05, 0.1) is 6.10 Å². The molecule has 0 bridgehead atoms. The lowest BCUT2D eigenvalue weighted by Crippen LogP contribution is -2.46. The first kappa shape index (κ1) is 24.0. The summed E-state index contributed by atoms with van der Waals surface area (Å²) in [6.45, 7) is 22.1. The lowest BCUT2D eigenvalue weighted by Gasteiger charge is -2.38. The van der Waals surface area contributed by atoms with Gasteiger partial charge in [-0.05, 0) is 59.7 Å². The van der Waals surface area contributed by atoms with Crippen molar-refractivity contribution in [3.63, 3.8) is 0 Å². The molecule has 0 N–H and O–H groups in total. The summed E-state index contributed by atoms with van der Waals surface area (Å²) in [7, 11) is -2.02. The highest BCUT2D eigenvalue weighted by Gasteiger charge is 2.47. The zero-order chi connectivity index (χ0) is 21.4. The number of amides is 1. The van der Waals surface area contributed by atoms with Crippen molar-refractivity contribution in [2.24, 2.45) is 0 Å². The molecule has 1 amide bonds. The predicted molar refractivity (Wildman–Crippen MR) is 109 cm³/mol. The van der Waals surface area contributed by atoms with Crippen molar-refractivity contribution in [1.82, 2.24) is 4.90 Å². The minimum atomic E-state index is -2.02. The summed E-state index contributed by atoms with van der Waals surface area (Å²) >= 11 is 0. The van der Waals surface area contributed by atoms with Crippen LogP contribution in [0, 0.1) is 0 Å². The third kappa shape index (κ3) is 7.10. The van der Waals surface area contributed by atoms with Gasteiger partial charge in [-0.3, -0.25) is 4.90 Å². The first-order valence-electron chi connectivity index (χ1n) is 9.73. The van der Waals surface area contributed by atoms with Gasteiger partial charge in [-0.25, -0.2) is 9.59 Å². The van der Waals surface area contributed by atoms with Crippen molar-refractivity contribution in [2.75, 3.05) is 6.54 Å². The molecule has 2 atom stereocenters. The molecule has 0 aromatic rings. The fraction of sp³-hybridized carbons (Fsp3) is 0.900. The van der Waals surface area contributed by atoms with E-state index in [0.717, 1.165) is 0 Å². The van der Waals surface area contributed by atoms with Crippen molar-refractivity contribution >= 4 is 20.4 Å². The number of carbonyl (C=O) groups excluding carboxylic acids is 2. The Morgan fingerprint density at radius 3 is 1.78 bits per heavy atom. The second kappa shape index (κ2) is 7.74. The van der Waals surface area contributed by atoms with Gasteiger partial charge in [-0.15, -0.1) is 0 Å². The zero-order valence-corrected chi connectivity index (χ0v) is 20.1. The maximum Gasteiger partial charge on any atom is 0.411 e. The zero-order valence-electron chi connectivity index (χ0n) is 19.1. The molecular formula is C20H39NO5Si. The maximum absolute atomic E-state index is 12.7. The smallest absolute Gasteiger partial charge is 0.411 e. The van der Waals surface area contributed by atoms with Gasteiger partial charge in [0.2, 0.25) is 0 Å². The lowest BCUT2D eigenvalue weighted by molar-refractivity contribution is -0.160. The molecule has 0 aromatic carbocycles. The van der Waals surface area contributed by atoms with E-state index in [1.54, 1.807) is 0 Å². The van der Waals surface area contributed by atoms with E-state index in [2.05, 4.69) is 33.9 Å². The first-order valence-corrected chi connectivity index (χ1v) is 12.6. The molecular weight excluding hydrogens is 362 g/mol. The molecule has 0 unspecified atom stereocenters. The Labute approximate surface area is 166 Å². The monoisotopic (exact) mass is 401 g/mol. The van der Waals surface area contributed by atoms with E-state index in [-0.39, 0.29) is 11.1 Å². The summed E-state index contributed by atoms with van der Waals surface area (Å²) < 4.78 is 17.5. The number of hydrogen-bond acceptors (Lipinski definition) is 5. The minimum absolute atomic E-state index is 0.0494. The van der Waals surface area contributed by atoms with Crippen LogP contribution in [0.15, 0.2) is 0 Å². The Morgan fingerprint density at radius 2 is 1.37 bits per heavy atom. The fourth-order valence-electron chi connectivity index (χ4n) is 2.59. The molecule has 0 saturated carbocycles. The topological polar surface area (TPSA) is 65.1 Å². The molecule has 0 aliphatic carbocycles. The molecule has 1 aliphatic rings. The number of hydrogen-bond donors (Lipinski definition) is 0. The Morgan fingerprint density at radius 1 is 0.889 bits per heavy atom. The van der Waals surface area contributed by atoms with Crippen LogP contribution in [0.1, 0.15) is 68.7 Å². The summed E-state index contributed by atoms with van der Waals surface area (Å²) in [6.07, 6.45) is -0.267. The van der Waals surface area contributed by atoms with E-state index in [1.807, 2.05) is 41.5 Å². The standard InChI is InChI=1S/C20H39NO5Si/c1-18(2,3)24-16(22)15-12-14(26-27(10,11)20(7,8)9)13-21(15)17(23)25-19(4,5)6/h14-15H,12-13H2,1-11H3/t14-,15+/m1/s1. The number of likely N-dealkylation sites (tertiary alicyclic amines) is 1. The summed E-state index contributed by atoms with van der Waals surface area (Å²) in [6, 6.07) is -0.686. The quantitative estimate of drug-likeness (QED) is 0.505. The molecule has 1 saturated heterocycles. The highest BCUT2D eigenvalue weighted by Crippen LogP contribution is 2.39. The average molecular weight is 402 g/mol. The highest BCUT2D eigenvalue weighted by atomic mass is 28.4. The van der Waals surface area contributed by atoms with Gasteiger partial charge in [-0.2, -0.15) is 0 Å². The number of rotatable bonds is 3. The third-order valence-corrected chi connectivity index (χ3v) is 9.37. The van der Waals surface area contributed by atoms with Crippen LogP contribution < -0.4 is 0 Å². The number of nitrogens with zero attached hydrogens (tertiary/aromatic N) is 1. The van der Waals surface area contributed by atoms with Crippen molar-refractivity contribution in [3.05, 3.63) is 0 Å². The van der Waals surface area contributed by atoms with Crippen molar-refractivity contribution in [3.8, 4) is 0 Å². The summed E-state index contributed by atoms with van der Waals surface area (Å²) in [4.78, 5) is 26.9. The van der Waals surface area contributed by atoms with Crippen LogP contribution in [0.2, 0.25) is 18.1 Å². The number of esters is 1. The van der Waals surface area contributed by atoms with Gasteiger partial charge in [-0.1, -0.05) is 20.8 Å². The van der Waals surface area contributed by atoms with Crippen LogP contribution in [0.25, 0.3) is 0 Å². The third-order valence-electron chi connectivity index (χ3n) is 4.84. The van der Waals surface area contributed by atoms with Crippen LogP contribution in [0.3, 0.4) is 0 Å². The molecule has 1 rings (SSSR count). The second-order valence-corrected chi connectivity index (χ2v) is 15.7. The predicted octanol–water partition coefficient (Wildman–Crippen LogP) is 4.73. The van der Waals surface area contributed by atoms with Crippen LogP contribution in [-0.4, -0.2) is 55.2 Å². The Bertz CT molecular complexity index is 518. The fourth-order valence-corrected chi connectivity index (χ4v) is 3.95. The van der Waals surface area contributed by atoms with Gasteiger partial charge >= 0.3 is 12.1 Å². The van der Waals surface area contributed by atoms with Crippen molar-refractivity contribution in [1.29, 1.82) is 0 Å². The summed E-state index contributed by atoms with van der Waals surface area (Å²) in [5, 5.41) is 0.0494. The highest BCUT2D eigenvalue weighted by molar-refractivity contribution is 6.74. The lowest BCUT2D eigenvalue weighted by atomic mass is 10.1. The van der Waals surface area contributed by atoms with Crippen molar-refractivity contribution in [2.45, 2.75) is 110 Å². The van der Waals surface area contributed by atoms with Crippen LogP contribution in [0.4, 0.5) is 4.79 Å². The van der Waals surface area contributed by atoms with E-state index in [0.29, 0.717) is 13.0 Å². The second-order valence-electron chi connectivity index (χ2n) is 10.9. The largest absolute Gasteiger partial charge is 0.458 e. The van der Waals surface area contributed by atoms with Gasteiger partial charge in [0.15, 0.2) is 8.32 Å². The van der Waals surface area contributed by atoms with Crippen molar-refractivity contribution < 1.29 is 23.5 Å². The Hall–Kier alpha value is -1.08. The molecule has 0 spiro atoms. The number of ether oxygens (including phenoxy) is 2. The Balaban J connectivity index is 3.02. The molecule has 6 nitrogen and oxygen atoms in total. The van der Waals surface area contributed by atoms with Crippen LogP contribution in [-0.2, 0) is 18.7 Å². The van der Waals surface area contributed by atoms with E-state index in [4.69, 9.17) is 13.9 Å². The summed E-state index contributed by atoms with van der Waals surface area (Å²) in [5.41, 5.74) is -1.25. The number of carbonyl (C=O) groups is 2. The molecule has 0 radical (unpaired) electrons.